The number of fused-ring (bicyclic) bond motifs is 2. The van der Waals surface area contributed by atoms with Gasteiger partial charge in [-0.3, -0.25) is 18.5 Å². The molecule has 0 spiro atoms. The van der Waals surface area contributed by atoms with E-state index in [1.807, 2.05) is 24.3 Å². The molecule has 0 unspecified atom stereocenters. The van der Waals surface area contributed by atoms with Crippen LogP contribution in [0.15, 0.2) is 59.8 Å². The Bertz CT molecular complexity index is 1770. The summed E-state index contributed by atoms with van der Waals surface area (Å²) in [6, 6.07) is 14.8. The Morgan fingerprint density at radius 1 is 1.13 bits per heavy atom. The molecule has 2 aromatic carbocycles. The Hall–Kier alpha value is -4.82. The van der Waals surface area contributed by atoms with E-state index in [9.17, 15) is 14.9 Å². The minimum absolute atomic E-state index is 0.0467. The minimum Gasteiger partial charge on any atom is -0.381 e. The van der Waals surface area contributed by atoms with E-state index < -0.39 is 0 Å². The maximum absolute atomic E-state index is 13.8. The second-order valence-electron chi connectivity index (χ2n) is 9.27. The van der Waals surface area contributed by atoms with Crippen molar-refractivity contribution in [3.63, 3.8) is 0 Å². The Morgan fingerprint density at radius 3 is 2.66 bits per heavy atom. The fraction of sp³-hybridized carbons (Fsp3) is 0.259. The van der Waals surface area contributed by atoms with Crippen LogP contribution in [0.1, 0.15) is 36.9 Å². The smallest absolute Gasteiger partial charge is 0.330 e. The number of rotatable bonds is 5. The van der Waals surface area contributed by atoms with Gasteiger partial charge in [-0.2, -0.15) is 10.2 Å². The van der Waals surface area contributed by atoms with Crippen LogP contribution in [0, 0.1) is 11.3 Å². The van der Waals surface area contributed by atoms with Crippen molar-refractivity contribution in [1.29, 1.82) is 5.26 Å². The van der Waals surface area contributed by atoms with E-state index in [-0.39, 0.29) is 17.6 Å². The zero-order chi connectivity index (χ0) is 26.2. The van der Waals surface area contributed by atoms with E-state index in [1.54, 1.807) is 44.4 Å². The molecule has 1 aliphatic rings. The van der Waals surface area contributed by atoms with Gasteiger partial charge in [0.2, 0.25) is 11.9 Å². The maximum atomic E-state index is 13.8. The van der Waals surface area contributed by atoms with Gasteiger partial charge in [-0.25, -0.2) is 14.8 Å². The number of amides is 1. The monoisotopic (exact) mass is 508 g/mol. The van der Waals surface area contributed by atoms with Crippen molar-refractivity contribution in [2.75, 3.05) is 18.5 Å². The summed E-state index contributed by atoms with van der Waals surface area (Å²) < 4.78 is 10.7. The number of nitrogens with zero attached hydrogens (tertiary/aromatic N) is 7. The quantitative estimate of drug-likeness (QED) is 0.386. The number of hydrogen-bond donors (Lipinski definition) is 1. The van der Waals surface area contributed by atoms with Crippen molar-refractivity contribution in [3.05, 3.63) is 76.6 Å². The predicted molar refractivity (Wildman–Crippen MR) is 140 cm³/mol. The maximum Gasteiger partial charge on any atom is 0.330 e. The molecular formula is C27H24N8O3. The van der Waals surface area contributed by atoms with Gasteiger partial charge in [-0.15, -0.1) is 0 Å². The first-order valence-electron chi connectivity index (χ1n) is 12.3. The second-order valence-corrected chi connectivity index (χ2v) is 9.27. The van der Waals surface area contributed by atoms with E-state index in [1.165, 1.54) is 6.92 Å². The SMILES string of the molecule is CC(=O)Nc1ccc(Cn2c(=O)n(C3CCOCC3)c3nc(-n4cnc5ccc(C#N)cc54)ncc32)cc1. The standard InChI is InChI=1S/C27H24N8O3/c1-17(36)31-20-5-2-18(3-6-20)15-33-24-14-29-26(34-16-30-22-7-4-19(13-28)12-23(22)34)32-25(24)35(27(33)37)21-8-10-38-11-9-21/h2-7,12,14,16,21H,8-11,15H2,1H3,(H,31,36). The van der Waals surface area contributed by atoms with E-state index in [4.69, 9.17) is 9.72 Å². The molecule has 1 N–H and O–H groups in total. The fourth-order valence-electron chi connectivity index (χ4n) is 4.91. The topological polar surface area (TPSA) is 133 Å². The molecule has 0 radical (unpaired) electrons. The molecule has 1 fully saturated rings. The number of nitrogens with one attached hydrogen (secondary N) is 1. The van der Waals surface area contributed by atoms with Crippen molar-refractivity contribution in [2.45, 2.75) is 32.4 Å². The highest BCUT2D eigenvalue weighted by molar-refractivity contribution is 5.88. The average molecular weight is 509 g/mol. The van der Waals surface area contributed by atoms with E-state index in [0.29, 0.717) is 66.5 Å². The largest absolute Gasteiger partial charge is 0.381 e. The van der Waals surface area contributed by atoms with Crippen LogP contribution in [0.25, 0.3) is 28.1 Å². The Morgan fingerprint density at radius 2 is 1.92 bits per heavy atom. The lowest BCUT2D eigenvalue weighted by atomic mass is 10.1. The van der Waals surface area contributed by atoms with Crippen LogP contribution in [0.4, 0.5) is 5.69 Å². The fourth-order valence-corrected chi connectivity index (χ4v) is 4.91. The summed E-state index contributed by atoms with van der Waals surface area (Å²) in [5, 5.41) is 12.1. The van der Waals surface area contributed by atoms with Crippen molar-refractivity contribution in [3.8, 4) is 12.0 Å². The van der Waals surface area contributed by atoms with Gasteiger partial charge in [0, 0.05) is 31.9 Å². The Labute approximate surface area is 216 Å². The molecule has 3 aromatic heterocycles. The molecule has 4 heterocycles. The molecule has 190 valence electrons. The van der Waals surface area contributed by atoms with Gasteiger partial charge in [0.15, 0.2) is 5.65 Å². The van der Waals surface area contributed by atoms with Gasteiger partial charge in [-0.05, 0) is 48.7 Å². The van der Waals surface area contributed by atoms with Crippen LogP contribution in [0.2, 0.25) is 0 Å². The van der Waals surface area contributed by atoms with Crippen LogP contribution >= 0.6 is 0 Å². The number of aromatic nitrogens is 6. The van der Waals surface area contributed by atoms with Crippen LogP contribution in [0.5, 0.6) is 0 Å². The number of carbonyl (C=O) groups excluding carboxylic acids is 1. The Balaban J connectivity index is 1.47. The molecule has 0 bridgehead atoms. The van der Waals surface area contributed by atoms with Crippen LogP contribution < -0.4 is 11.0 Å². The highest BCUT2D eigenvalue weighted by atomic mass is 16.5. The lowest BCUT2D eigenvalue weighted by molar-refractivity contribution is -0.114. The molecule has 0 aliphatic carbocycles. The third-order valence-electron chi connectivity index (χ3n) is 6.76. The number of benzene rings is 2. The molecule has 0 atom stereocenters. The summed E-state index contributed by atoms with van der Waals surface area (Å²) in [6.07, 6.45) is 4.71. The molecule has 5 aromatic rings. The van der Waals surface area contributed by atoms with E-state index in [2.05, 4.69) is 21.4 Å². The van der Waals surface area contributed by atoms with Gasteiger partial charge in [-0.1, -0.05) is 12.1 Å². The van der Waals surface area contributed by atoms with Crippen LogP contribution in [-0.2, 0) is 16.1 Å². The molecule has 11 nitrogen and oxygen atoms in total. The molecule has 6 rings (SSSR count). The van der Waals surface area contributed by atoms with Gasteiger partial charge in [0.25, 0.3) is 0 Å². The number of hydrogen-bond acceptors (Lipinski definition) is 7. The van der Waals surface area contributed by atoms with Gasteiger partial charge in [0.1, 0.15) is 11.8 Å². The molecule has 1 amide bonds. The average Bonchev–Trinajstić information content (AvgIpc) is 3.47. The van der Waals surface area contributed by atoms with Crippen LogP contribution in [0.3, 0.4) is 0 Å². The molecular weight excluding hydrogens is 484 g/mol. The van der Waals surface area contributed by atoms with Crippen molar-refractivity contribution < 1.29 is 9.53 Å². The van der Waals surface area contributed by atoms with Crippen LogP contribution in [-0.4, -0.2) is 47.8 Å². The molecule has 1 saturated heterocycles. The van der Waals surface area contributed by atoms with Crippen molar-refractivity contribution in [1.82, 2.24) is 28.7 Å². The lowest BCUT2D eigenvalue weighted by Gasteiger charge is -2.22. The van der Waals surface area contributed by atoms with E-state index >= 15 is 0 Å². The van der Waals surface area contributed by atoms with Crippen molar-refractivity contribution >= 4 is 33.8 Å². The summed E-state index contributed by atoms with van der Waals surface area (Å²) in [6.45, 7) is 2.95. The van der Waals surface area contributed by atoms with Gasteiger partial charge >= 0.3 is 5.69 Å². The lowest BCUT2D eigenvalue weighted by Crippen LogP contribution is -2.31. The molecule has 1 aliphatic heterocycles. The third kappa shape index (κ3) is 4.21. The summed E-state index contributed by atoms with van der Waals surface area (Å²) >= 11 is 0. The summed E-state index contributed by atoms with van der Waals surface area (Å²) in [5.74, 6) is 0.226. The number of ether oxygens (including phenoxy) is 1. The Kier molecular flexibility index (Phi) is 5.94. The summed E-state index contributed by atoms with van der Waals surface area (Å²) in [4.78, 5) is 39.0. The zero-order valence-corrected chi connectivity index (χ0v) is 20.7. The minimum atomic E-state index is -0.161. The predicted octanol–water partition coefficient (Wildman–Crippen LogP) is 3.16. The zero-order valence-electron chi connectivity index (χ0n) is 20.7. The summed E-state index contributed by atoms with van der Waals surface area (Å²) in [7, 11) is 0. The number of anilines is 1. The number of imidazole rings is 2. The van der Waals surface area contributed by atoms with Gasteiger partial charge in [0.05, 0.1) is 35.4 Å². The summed E-state index contributed by atoms with van der Waals surface area (Å²) in [5.41, 5.74) is 4.54. The normalized spacial score (nSPS) is 14.1. The van der Waals surface area contributed by atoms with Crippen molar-refractivity contribution in [2.24, 2.45) is 0 Å². The molecule has 38 heavy (non-hydrogen) atoms. The number of nitriles is 1. The highest BCUT2D eigenvalue weighted by Crippen LogP contribution is 2.25. The first kappa shape index (κ1) is 23.6. The van der Waals surface area contributed by atoms with E-state index in [0.717, 1.165) is 11.1 Å². The molecule has 0 saturated carbocycles. The second kappa shape index (κ2) is 9.57. The molecule has 11 heteroatoms. The first-order valence-corrected chi connectivity index (χ1v) is 12.3. The number of carbonyl (C=O) groups is 1. The highest BCUT2D eigenvalue weighted by Gasteiger charge is 2.25. The van der Waals surface area contributed by atoms with Gasteiger partial charge < -0.3 is 10.1 Å². The third-order valence-corrected chi connectivity index (χ3v) is 6.76. The first-order chi connectivity index (χ1) is 18.5.